The molecular formula is C23H32N6O2. The molecule has 0 aromatic carbocycles. The number of likely N-dealkylation sites (tertiary alicyclic amines) is 1. The third-order valence-electron chi connectivity index (χ3n) is 5.34. The van der Waals surface area contributed by atoms with Crippen LogP contribution in [-0.2, 0) is 4.79 Å². The molecule has 0 radical (unpaired) electrons. The molecule has 1 aliphatic carbocycles. The standard InChI is InChI=1S/C15H18N4O.C8H14N2O/c1-16-14-7-11(4-5-17-14)12-6-13(15(20)19-9-12)18-8-10-2-3-10;9-5-3-4-8(11)10-6-1-2-7-10/h4-7,9-10,18H,2-3,8H2,1H3,(H,16,17)(H,19,20);3-4H,1-2,5-7,9H2/b;4-3+. The van der Waals surface area contributed by atoms with Crippen LogP contribution in [0.15, 0.2) is 47.5 Å². The summed E-state index contributed by atoms with van der Waals surface area (Å²) in [5, 5.41) is 6.25. The van der Waals surface area contributed by atoms with E-state index in [-0.39, 0.29) is 11.5 Å². The molecule has 1 amide bonds. The molecule has 31 heavy (non-hydrogen) atoms. The number of rotatable bonds is 7. The molecule has 2 aromatic rings. The van der Waals surface area contributed by atoms with Crippen molar-refractivity contribution in [1.29, 1.82) is 0 Å². The Labute approximate surface area is 182 Å². The van der Waals surface area contributed by atoms with Gasteiger partial charge in [-0.2, -0.15) is 0 Å². The number of anilines is 2. The SMILES string of the molecule is CNc1cc(-c2c[nH]c(=O)c(NCC3CC3)c2)ccn1.NC/C=C/C(=O)N1CCCC1. The number of aromatic amines is 1. The summed E-state index contributed by atoms with van der Waals surface area (Å²) >= 11 is 0. The molecule has 5 N–H and O–H groups in total. The lowest BCUT2D eigenvalue weighted by Gasteiger charge is -2.11. The fraction of sp³-hybridized carbons (Fsp3) is 0.435. The van der Waals surface area contributed by atoms with Crippen molar-refractivity contribution in [2.24, 2.45) is 11.7 Å². The number of aromatic nitrogens is 2. The Hall–Kier alpha value is -3.13. The number of nitrogens with one attached hydrogen (secondary N) is 3. The van der Waals surface area contributed by atoms with Gasteiger partial charge >= 0.3 is 0 Å². The first-order valence-electron chi connectivity index (χ1n) is 10.9. The normalized spacial score (nSPS) is 15.5. The largest absolute Gasteiger partial charge is 0.380 e. The van der Waals surface area contributed by atoms with E-state index in [0.717, 1.165) is 55.3 Å². The minimum absolute atomic E-state index is 0.0719. The van der Waals surface area contributed by atoms with Gasteiger partial charge in [0.15, 0.2) is 0 Å². The van der Waals surface area contributed by atoms with E-state index >= 15 is 0 Å². The van der Waals surface area contributed by atoms with Crippen LogP contribution in [0.4, 0.5) is 11.5 Å². The molecule has 1 saturated heterocycles. The molecule has 8 nitrogen and oxygen atoms in total. The van der Waals surface area contributed by atoms with E-state index in [1.54, 1.807) is 24.5 Å². The molecule has 1 saturated carbocycles. The third kappa shape index (κ3) is 6.96. The van der Waals surface area contributed by atoms with Gasteiger partial charge in [-0.1, -0.05) is 6.08 Å². The summed E-state index contributed by atoms with van der Waals surface area (Å²) in [6.45, 7) is 3.14. The van der Waals surface area contributed by atoms with Crippen molar-refractivity contribution >= 4 is 17.4 Å². The van der Waals surface area contributed by atoms with Crippen molar-refractivity contribution < 1.29 is 4.79 Å². The maximum Gasteiger partial charge on any atom is 0.271 e. The maximum absolute atomic E-state index is 11.8. The molecule has 0 spiro atoms. The Balaban J connectivity index is 0.000000210. The van der Waals surface area contributed by atoms with E-state index in [9.17, 15) is 9.59 Å². The number of nitrogens with two attached hydrogens (primary N) is 1. The second kappa shape index (κ2) is 11.3. The Morgan fingerprint density at radius 2 is 2.06 bits per heavy atom. The summed E-state index contributed by atoms with van der Waals surface area (Å²) in [7, 11) is 1.83. The molecule has 2 aliphatic rings. The third-order valence-corrected chi connectivity index (χ3v) is 5.34. The van der Waals surface area contributed by atoms with Gasteiger partial charge in [0, 0.05) is 57.3 Å². The summed E-state index contributed by atoms with van der Waals surface area (Å²) in [4.78, 5) is 31.8. The average molecular weight is 425 g/mol. The van der Waals surface area contributed by atoms with Crippen molar-refractivity contribution in [2.45, 2.75) is 25.7 Å². The highest BCUT2D eigenvalue weighted by Gasteiger charge is 2.21. The molecule has 0 atom stereocenters. The lowest BCUT2D eigenvalue weighted by Crippen LogP contribution is -2.25. The van der Waals surface area contributed by atoms with Crippen molar-refractivity contribution in [1.82, 2.24) is 14.9 Å². The lowest BCUT2D eigenvalue weighted by molar-refractivity contribution is -0.125. The van der Waals surface area contributed by atoms with E-state index in [1.807, 2.05) is 30.1 Å². The van der Waals surface area contributed by atoms with E-state index in [0.29, 0.717) is 12.2 Å². The van der Waals surface area contributed by atoms with Gasteiger partial charge in [0.1, 0.15) is 11.5 Å². The molecule has 3 heterocycles. The fourth-order valence-corrected chi connectivity index (χ4v) is 3.32. The van der Waals surface area contributed by atoms with Crippen LogP contribution in [-0.4, -0.2) is 54.0 Å². The minimum Gasteiger partial charge on any atom is -0.380 e. The highest BCUT2D eigenvalue weighted by atomic mass is 16.2. The van der Waals surface area contributed by atoms with Gasteiger partial charge in [-0.25, -0.2) is 4.98 Å². The van der Waals surface area contributed by atoms with E-state index in [2.05, 4.69) is 20.6 Å². The number of hydrogen-bond donors (Lipinski definition) is 4. The van der Waals surface area contributed by atoms with Gasteiger partial charge in [0.25, 0.3) is 5.56 Å². The predicted octanol–water partition coefficient (Wildman–Crippen LogP) is 2.42. The first-order valence-corrected chi connectivity index (χ1v) is 10.9. The number of H-pyrrole nitrogens is 1. The van der Waals surface area contributed by atoms with Crippen molar-refractivity contribution in [3.63, 3.8) is 0 Å². The summed E-state index contributed by atoms with van der Waals surface area (Å²) in [6.07, 6.45) is 11.6. The summed E-state index contributed by atoms with van der Waals surface area (Å²) < 4.78 is 0. The van der Waals surface area contributed by atoms with Gasteiger partial charge in [0.2, 0.25) is 5.91 Å². The van der Waals surface area contributed by atoms with E-state index in [4.69, 9.17) is 5.73 Å². The van der Waals surface area contributed by atoms with Crippen LogP contribution in [0.1, 0.15) is 25.7 Å². The lowest BCUT2D eigenvalue weighted by atomic mass is 10.1. The molecule has 1 aliphatic heterocycles. The first kappa shape index (κ1) is 22.6. The molecule has 8 heteroatoms. The summed E-state index contributed by atoms with van der Waals surface area (Å²) in [5.41, 5.74) is 7.78. The van der Waals surface area contributed by atoms with Crippen molar-refractivity contribution in [3.8, 4) is 11.1 Å². The van der Waals surface area contributed by atoms with Crippen LogP contribution in [0, 0.1) is 5.92 Å². The topological polar surface area (TPSA) is 116 Å². The van der Waals surface area contributed by atoms with E-state index in [1.165, 1.54) is 12.8 Å². The van der Waals surface area contributed by atoms with Gasteiger partial charge in [0.05, 0.1) is 0 Å². The van der Waals surface area contributed by atoms with E-state index < -0.39 is 0 Å². The van der Waals surface area contributed by atoms with Crippen LogP contribution < -0.4 is 21.9 Å². The minimum atomic E-state index is -0.0719. The zero-order chi connectivity index (χ0) is 22.1. The van der Waals surface area contributed by atoms with Gasteiger partial charge in [-0.15, -0.1) is 0 Å². The van der Waals surface area contributed by atoms with Crippen molar-refractivity contribution in [2.75, 3.05) is 43.9 Å². The zero-order valence-electron chi connectivity index (χ0n) is 18.1. The summed E-state index contributed by atoms with van der Waals surface area (Å²) in [6, 6.07) is 5.79. The fourth-order valence-electron chi connectivity index (χ4n) is 3.32. The highest BCUT2D eigenvalue weighted by molar-refractivity contribution is 5.87. The monoisotopic (exact) mass is 424 g/mol. The molecule has 0 unspecified atom stereocenters. The molecule has 0 bridgehead atoms. The molecule has 4 rings (SSSR count). The Morgan fingerprint density at radius 3 is 2.74 bits per heavy atom. The Bertz CT molecular complexity index is 945. The number of hydrogen-bond acceptors (Lipinski definition) is 6. The number of pyridine rings is 2. The summed E-state index contributed by atoms with van der Waals surface area (Å²) in [5.74, 6) is 1.64. The van der Waals surface area contributed by atoms with Crippen LogP contribution in [0.25, 0.3) is 11.1 Å². The van der Waals surface area contributed by atoms with Gasteiger partial charge in [-0.05, 0) is 55.4 Å². The molecule has 2 aromatic heterocycles. The van der Waals surface area contributed by atoms with Crippen molar-refractivity contribution in [3.05, 3.63) is 53.1 Å². The highest BCUT2D eigenvalue weighted by Crippen LogP contribution is 2.29. The van der Waals surface area contributed by atoms with Gasteiger partial charge in [-0.3, -0.25) is 9.59 Å². The van der Waals surface area contributed by atoms with Crippen LogP contribution >= 0.6 is 0 Å². The quantitative estimate of drug-likeness (QED) is 0.507. The van der Waals surface area contributed by atoms with Crippen LogP contribution in [0.2, 0.25) is 0 Å². The molecular weight excluding hydrogens is 392 g/mol. The predicted molar refractivity (Wildman–Crippen MR) is 125 cm³/mol. The first-order chi connectivity index (χ1) is 15.1. The zero-order valence-corrected chi connectivity index (χ0v) is 18.1. The maximum atomic E-state index is 11.8. The Morgan fingerprint density at radius 1 is 1.29 bits per heavy atom. The van der Waals surface area contributed by atoms with Crippen LogP contribution in [0.3, 0.4) is 0 Å². The number of amides is 1. The second-order valence-electron chi connectivity index (χ2n) is 7.81. The number of carbonyl (C=O) groups is 1. The number of nitrogens with zero attached hydrogens (tertiary/aromatic N) is 2. The average Bonchev–Trinajstić information content (AvgIpc) is 3.47. The molecule has 166 valence electrons. The number of carbonyl (C=O) groups excluding carboxylic acids is 1. The van der Waals surface area contributed by atoms with Crippen LogP contribution in [0.5, 0.6) is 0 Å². The van der Waals surface area contributed by atoms with Gasteiger partial charge < -0.3 is 26.3 Å². The molecule has 2 fully saturated rings. The smallest absolute Gasteiger partial charge is 0.271 e. The Kier molecular flexibility index (Phi) is 8.23. The second-order valence-corrected chi connectivity index (χ2v) is 7.81.